The van der Waals surface area contributed by atoms with Crippen molar-refractivity contribution in [3.05, 3.63) is 87.6 Å². The molecule has 0 aliphatic rings. The summed E-state index contributed by atoms with van der Waals surface area (Å²) in [6, 6.07) is 21.5. The minimum atomic E-state index is -1.92. The van der Waals surface area contributed by atoms with Crippen molar-refractivity contribution in [2.45, 2.75) is 0 Å². The molecule has 0 atom stereocenters. The number of aromatic nitrogens is 2. The molecule has 21 heavy (non-hydrogen) atoms. The van der Waals surface area contributed by atoms with Gasteiger partial charge in [-0.3, -0.25) is 0 Å². The molecule has 0 saturated heterocycles. The first-order chi connectivity index (χ1) is 10.2. The topological polar surface area (TPSA) is 65.7 Å². The molecular formula is C16H13AsN2O2. The molecule has 0 aliphatic heterocycles. The van der Waals surface area contributed by atoms with E-state index in [9.17, 15) is 9.59 Å². The van der Waals surface area contributed by atoms with Crippen molar-refractivity contribution in [1.82, 2.24) is 9.97 Å². The zero-order valence-electron chi connectivity index (χ0n) is 11.1. The second-order valence-electron chi connectivity index (χ2n) is 4.48. The Morgan fingerprint density at radius 1 is 0.714 bits per heavy atom. The van der Waals surface area contributed by atoms with Gasteiger partial charge in [-0.2, -0.15) is 0 Å². The van der Waals surface area contributed by atoms with Gasteiger partial charge in [-0.05, 0) is 0 Å². The maximum absolute atomic E-state index is 11.6. The Hall–Kier alpha value is -2.32. The molecular weight excluding hydrogens is 327 g/mol. The van der Waals surface area contributed by atoms with Crippen LogP contribution in [-0.2, 0) is 0 Å². The fourth-order valence-corrected chi connectivity index (χ4v) is 6.89. The molecule has 0 saturated carbocycles. The molecule has 2 aromatic carbocycles. The Labute approximate surface area is 125 Å². The van der Waals surface area contributed by atoms with Gasteiger partial charge in [0.2, 0.25) is 0 Å². The van der Waals surface area contributed by atoms with Gasteiger partial charge in [0.05, 0.1) is 0 Å². The summed E-state index contributed by atoms with van der Waals surface area (Å²) in [5, 5.41) is 0. The van der Waals surface area contributed by atoms with Gasteiger partial charge in [0.25, 0.3) is 0 Å². The van der Waals surface area contributed by atoms with Crippen LogP contribution in [0.5, 0.6) is 0 Å². The van der Waals surface area contributed by atoms with Crippen LogP contribution in [0.1, 0.15) is 0 Å². The Morgan fingerprint density at radius 2 is 1.24 bits per heavy atom. The standard InChI is InChI=1S/C16H13AsN2O2/c20-15-11-14(18-16(21)19-15)17(12-7-3-1-4-8-12)13-9-5-2-6-10-13/h1-11H,(H2,18,19,20,21). The SMILES string of the molecule is O=c1cc([As](c2ccccc2)c2ccccc2)[nH]c(=O)[nH]1. The van der Waals surface area contributed by atoms with E-state index >= 15 is 0 Å². The number of benzene rings is 2. The van der Waals surface area contributed by atoms with Crippen LogP contribution in [0.25, 0.3) is 0 Å². The van der Waals surface area contributed by atoms with Gasteiger partial charge in [-0.1, -0.05) is 0 Å². The maximum atomic E-state index is 11.6. The van der Waals surface area contributed by atoms with E-state index in [4.69, 9.17) is 0 Å². The second kappa shape index (κ2) is 5.98. The van der Waals surface area contributed by atoms with Crippen LogP contribution in [-0.4, -0.2) is 24.6 Å². The molecule has 0 fully saturated rings. The van der Waals surface area contributed by atoms with Crippen LogP contribution in [0.4, 0.5) is 0 Å². The third kappa shape index (κ3) is 3.06. The molecule has 104 valence electrons. The summed E-state index contributed by atoms with van der Waals surface area (Å²) in [6.07, 6.45) is 0. The molecule has 1 heterocycles. The second-order valence-corrected chi connectivity index (χ2v) is 9.06. The van der Waals surface area contributed by atoms with Crippen LogP contribution in [0, 0.1) is 0 Å². The first-order valence-electron chi connectivity index (χ1n) is 6.48. The van der Waals surface area contributed by atoms with Crippen molar-refractivity contribution in [1.29, 1.82) is 0 Å². The third-order valence-electron chi connectivity index (χ3n) is 3.02. The van der Waals surface area contributed by atoms with E-state index in [0.717, 1.165) is 13.2 Å². The zero-order chi connectivity index (χ0) is 14.7. The predicted octanol–water partition coefficient (Wildman–Crippen LogP) is -0.421. The van der Waals surface area contributed by atoms with E-state index in [2.05, 4.69) is 9.97 Å². The van der Waals surface area contributed by atoms with Crippen molar-refractivity contribution < 1.29 is 0 Å². The van der Waals surface area contributed by atoms with E-state index in [1.807, 2.05) is 60.7 Å². The monoisotopic (exact) mass is 340 g/mol. The average Bonchev–Trinajstić information content (AvgIpc) is 2.49. The van der Waals surface area contributed by atoms with E-state index < -0.39 is 20.3 Å². The number of aromatic amines is 2. The molecule has 5 heteroatoms. The third-order valence-corrected chi connectivity index (χ3v) is 7.95. The van der Waals surface area contributed by atoms with Gasteiger partial charge in [-0.15, -0.1) is 0 Å². The van der Waals surface area contributed by atoms with Crippen molar-refractivity contribution in [2.24, 2.45) is 0 Å². The van der Waals surface area contributed by atoms with Crippen molar-refractivity contribution in [3.63, 3.8) is 0 Å². The summed E-state index contributed by atoms with van der Waals surface area (Å²) in [5.74, 6) is 0. The molecule has 0 unspecified atom stereocenters. The van der Waals surface area contributed by atoms with Gasteiger partial charge in [0.1, 0.15) is 0 Å². The van der Waals surface area contributed by atoms with Gasteiger partial charge >= 0.3 is 125 Å². The molecule has 1 aromatic heterocycles. The van der Waals surface area contributed by atoms with Crippen LogP contribution in [0.3, 0.4) is 0 Å². The van der Waals surface area contributed by atoms with Gasteiger partial charge in [-0.25, -0.2) is 0 Å². The van der Waals surface area contributed by atoms with Crippen LogP contribution in [0.15, 0.2) is 76.3 Å². The summed E-state index contributed by atoms with van der Waals surface area (Å²) in [6.45, 7) is 0. The fourth-order valence-electron chi connectivity index (χ4n) is 2.16. The summed E-state index contributed by atoms with van der Waals surface area (Å²) in [4.78, 5) is 28.2. The van der Waals surface area contributed by atoms with Crippen LogP contribution in [0.2, 0.25) is 0 Å². The summed E-state index contributed by atoms with van der Waals surface area (Å²) < 4.78 is 3.06. The molecule has 0 radical (unpaired) electrons. The normalized spacial score (nSPS) is 10.7. The van der Waals surface area contributed by atoms with E-state index in [-0.39, 0.29) is 5.56 Å². The van der Waals surface area contributed by atoms with Gasteiger partial charge in [0, 0.05) is 0 Å². The Morgan fingerprint density at radius 3 is 1.71 bits per heavy atom. The Balaban J connectivity index is 2.22. The summed E-state index contributed by atoms with van der Waals surface area (Å²) in [7, 11) is 0. The van der Waals surface area contributed by atoms with Crippen molar-refractivity contribution in [2.75, 3.05) is 0 Å². The number of rotatable bonds is 3. The van der Waals surface area contributed by atoms with Crippen molar-refractivity contribution in [3.8, 4) is 0 Å². The molecule has 4 nitrogen and oxygen atoms in total. The summed E-state index contributed by atoms with van der Waals surface area (Å²) >= 11 is -1.92. The van der Waals surface area contributed by atoms with E-state index in [1.54, 1.807) is 0 Å². The molecule has 2 N–H and O–H groups in total. The quantitative estimate of drug-likeness (QED) is 0.636. The van der Waals surface area contributed by atoms with Crippen LogP contribution < -0.4 is 24.4 Å². The molecule has 0 bridgehead atoms. The fraction of sp³-hybridized carbons (Fsp3) is 0. The minimum absolute atomic E-state index is 0.361. The van der Waals surface area contributed by atoms with Gasteiger partial charge < -0.3 is 0 Å². The number of H-pyrrole nitrogens is 2. The molecule has 0 spiro atoms. The summed E-state index contributed by atoms with van der Waals surface area (Å²) in [5.41, 5.74) is -0.816. The van der Waals surface area contributed by atoms with Crippen molar-refractivity contribution >= 4 is 27.8 Å². The first-order valence-corrected chi connectivity index (χ1v) is 9.29. The van der Waals surface area contributed by atoms with Gasteiger partial charge in [0.15, 0.2) is 0 Å². The molecule has 0 aliphatic carbocycles. The Bertz CT molecular complexity index is 773. The van der Waals surface area contributed by atoms with Crippen LogP contribution >= 0.6 is 0 Å². The average molecular weight is 340 g/mol. The number of hydrogen-bond acceptors (Lipinski definition) is 2. The molecule has 3 rings (SSSR count). The molecule has 0 amide bonds. The zero-order valence-corrected chi connectivity index (χ0v) is 13.0. The van der Waals surface area contributed by atoms with E-state index in [1.165, 1.54) is 6.07 Å². The predicted molar refractivity (Wildman–Crippen MR) is 85.2 cm³/mol. The van der Waals surface area contributed by atoms with E-state index in [0.29, 0.717) is 0 Å². The Kier molecular flexibility index (Phi) is 3.89. The first kappa shape index (κ1) is 13.7. The number of nitrogens with one attached hydrogen (secondary N) is 2. The number of hydrogen-bond donors (Lipinski definition) is 2. The molecule has 3 aromatic rings.